The summed E-state index contributed by atoms with van der Waals surface area (Å²) >= 11 is 5.28. The molecule has 2 unspecified atom stereocenters. The van der Waals surface area contributed by atoms with Gasteiger partial charge in [-0.15, -0.1) is 0 Å². The average Bonchev–Trinajstić information content (AvgIpc) is 2.81. The topological polar surface area (TPSA) is 12.0 Å². The lowest BCUT2D eigenvalue weighted by molar-refractivity contribution is 0.477. The maximum atomic E-state index is 3.65. The predicted molar refractivity (Wildman–Crippen MR) is 83.2 cm³/mol. The van der Waals surface area contributed by atoms with Crippen LogP contribution in [0.4, 0.5) is 0 Å². The summed E-state index contributed by atoms with van der Waals surface area (Å²) in [7, 11) is 0. The predicted octanol–water partition coefficient (Wildman–Crippen LogP) is 4.79. The zero-order chi connectivity index (χ0) is 13.0. The second-order valence-electron chi connectivity index (χ2n) is 4.68. The van der Waals surface area contributed by atoms with Crippen LogP contribution < -0.4 is 5.32 Å². The molecule has 0 amide bonds. The van der Waals surface area contributed by atoms with E-state index in [4.69, 9.17) is 0 Å². The third kappa shape index (κ3) is 3.94. The van der Waals surface area contributed by atoms with E-state index in [2.05, 4.69) is 76.2 Å². The molecule has 0 fully saturated rings. The van der Waals surface area contributed by atoms with Crippen molar-refractivity contribution in [3.63, 3.8) is 0 Å². The second kappa shape index (κ2) is 6.50. The summed E-state index contributed by atoms with van der Waals surface area (Å²) in [6.07, 6.45) is 1.09. The second-order valence-corrected chi connectivity index (χ2v) is 6.38. The van der Waals surface area contributed by atoms with Crippen molar-refractivity contribution >= 4 is 27.3 Å². The van der Waals surface area contributed by atoms with Crippen LogP contribution in [0.1, 0.15) is 31.0 Å². The van der Waals surface area contributed by atoms with Crippen molar-refractivity contribution in [3.05, 3.63) is 56.7 Å². The number of hydrogen-bond donors (Lipinski definition) is 1. The van der Waals surface area contributed by atoms with Gasteiger partial charge in [0.15, 0.2) is 0 Å². The quantitative estimate of drug-likeness (QED) is 0.833. The van der Waals surface area contributed by atoms with Gasteiger partial charge in [0.2, 0.25) is 0 Å². The number of benzene rings is 1. The van der Waals surface area contributed by atoms with E-state index in [0.717, 1.165) is 10.9 Å². The highest BCUT2D eigenvalue weighted by molar-refractivity contribution is 9.10. The van der Waals surface area contributed by atoms with E-state index in [0.29, 0.717) is 12.1 Å². The Morgan fingerprint density at radius 2 is 2.11 bits per heavy atom. The minimum absolute atomic E-state index is 0.371. The lowest BCUT2D eigenvalue weighted by Crippen LogP contribution is -2.30. The van der Waals surface area contributed by atoms with Gasteiger partial charge in [0.25, 0.3) is 0 Å². The Hall–Kier alpha value is -0.640. The number of rotatable bonds is 5. The Balaban J connectivity index is 1.92. The summed E-state index contributed by atoms with van der Waals surface area (Å²) in [6, 6.07) is 11.5. The first-order valence-corrected chi connectivity index (χ1v) is 7.91. The van der Waals surface area contributed by atoms with E-state index in [9.17, 15) is 0 Å². The number of nitrogens with one attached hydrogen (secondary N) is 1. The molecule has 0 aliphatic rings. The monoisotopic (exact) mass is 323 g/mol. The normalized spacial score (nSPS) is 14.4. The molecule has 18 heavy (non-hydrogen) atoms. The molecule has 1 heterocycles. The highest BCUT2D eigenvalue weighted by Gasteiger charge is 2.10. The van der Waals surface area contributed by atoms with Gasteiger partial charge in [-0.2, -0.15) is 11.3 Å². The number of halogens is 1. The van der Waals surface area contributed by atoms with Crippen molar-refractivity contribution in [1.82, 2.24) is 5.32 Å². The molecule has 1 nitrogen and oxygen atoms in total. The van der Waals surface area contributed by atoms with Crippen molar-refractivity contribution in [2.75, 3.05) is 0 Å². The van der Waals surface area contributed by atoms with Gasteiger partial charge in [-0.25, -0.2) is 0 Å². The lowest BCUT2D eigenvalue weighted by Gasteiger charge is -2.20. The molecular formula is C15H18BrNS. The Morgan fingerprint density at radius 1 is 1.28 bits per heavy atom. The van der Waals surface area contributed by atoms with Crippen LogP contribution in [-0.2, 0) is 6.42 Å². The van der Waals surface area contributed by atoms with Crippen LogP contribution >= 0.6 is 27.3 Å². The van der Waals surface area contributed by atoms with Gasteiger partial charge in [-0.05, 0) is 60.4 Å². The van der Waals surface area contributed by atoms with Gasteiger partial charge >= 0.3 is 0 Å². The molecule has 0 saturated carbocycles. The summed E-state index contributed by atoms with van der Waals surface area (Å²) in [5, 5.41) is 8.01. The standard InChI is InChI=1S/C15H18BrNS/c1-11(8-13-6-7-18-10-13)17-12(2)14-4-3-5-15(16)9-14/h3-7,9-12,17H,8H2,1-2H3. The third-order valence-electron chi connectivity index (χ3n) is 3.01. The highest BCUT2D eigenvalue weighted by Crippen LogP contribution is 2.19. The smallest absolute Gasteiger partial charge is 0.0294 e. The van der Waals surface area contributed by atoms with Crippen LogP contribution in [0, 0.1) is 0 Å². The van der Waals surface area contributed by atoms with Crippen molar-refractivity contribution in [2.45, 2.75) is 32.4 Å². The lowest BCUT2D eigenvalue weighted by atomic mass is 10.1. The van der Waals surface area contributed by atoms with Crippen LogP contribution in [0.2, 0.25) is 0 Å². The van der Waals surface area contributed by atoms with Crippen molar-refractivity contribution < 1.29 is 0 Å². The fourth-order valence-electron chi connectivity index (χ4n) is 2.12. The molecule has 0 bridgehead atoms. The summed E-state index contributed by atoms with van der Waals surface area (Å²) in [5.74, 6) is 0. The van der Waals surface area contributed by atoms with Crippen molar-refractivity contribution in [1.29, 1.82) is 0 Å². The molecule has 3 heteroatoms. The molecule has 0 spiro atoms. The van der Waals surface area contributed by atoms with Gasteiger partial charge < -0.3 is 5.32 Å². The minimum atomic E-state index is 0.371. The molecule has 0 radical (unpaired) electrons. The van der Waals surface area contributed by atoms with Crippen LogP contribution in [0.15, 0.2) is 45.6 Å². The molecule has 1 N–H and O–H groups in total. The Morgan fingerprint density at radius 3 is 2.78 bits per heavy atom. The third-order valence-corrected chi connectivity index (χ3v) is 4.23. The van der Waals surface area contributed by atoms with Crippen LogP contribution in [0.25, 0.3) is 0 Å². The van der Waals surface area contributed by atoms with Crippen molar-refractivity contribution in [3.8, 4) is 0 Å². The number of thiophene rings is 1. The van der Waals surface area contributed by atoms with Gasteiger partial charge in [0.05, 0.1) is 0 Å². The fraction of sp³-hybridized carbons (Fsp3) is 0.333. The maximum absolute atomic E-state index is 3.65. The largest absolute Gasteiger partial charge is 0.307 e. The summed E-state index contributed by atoms with van der Waals surface area (Å²) in [4.78, 5) is 0. The number of hydrogen-bond acceptors (Lipinski definition) is 2. The zero-order valence-corrected chi connectivity index (χ0v) is 13.1. The minimum Gasteiger partial charge on any atom is -0.307 e. The zero-order valence-electron chi connectivity index (χ0n) is 10.7. The molecular weight excluding hydrogens is 306 g/mol. The molecule has 1 aromatic carbocycles. The van der Waals surface area contributed by atoms with Crippen LogP contribution in [-0.4, -0.2) is 6.04 Å². The van der Waals surface area contributed by atoms with E-state index in [1.165, 1.54) is 11.1 Å². The summed E-state index contributed by atoms with van der Waals surface area (Å²) in [5.41, 5.74) is 2.74. The first-order chi connectivity index (χ1) is 8.65. The first kappa shape index (κ1) is 13.8. The molecule has 96 valence electrons. The molecule has 2 rings (SSSR count). The van der Waals surface area contributed by atoms with E-state index < -0.39 is 0 Å². The molecule has 2 atom stereocenters. The Kier molecular flexibility index (Phi) is 4.98. The first-order valence-electron chi connectivity index (χ1n) is 6.17. The maximum Gasteiger partial charge on any atom is 0.0294 e. The van der Waals surface area contributed by atoms with Gasteiger partial charge in [-0.3, -0.25) is 0 Å². The summed E-state index contributed by atoms with van der Waals surface area (Å²) < 4.78 is 1.14. The average molecular weight is 324 g/mol. The van der Waals surface area contributed by atoms with Gasteiger partial charge in [0.1, 0.15) is 0 Å². The molecule has 0 aliphatic heterocycles. The van der Waals surface area contributed by atoms with Crippen molar-refractivity contribution in [2.24, 2.45) is 0 Å². The Bertz CT molecular complexity index is 481. The fourth-order valence-corrected chi connectivity index (χ4v) is 3.22. The summed E-state index contributed by atoms with van der Waals surface area (Å²) in [6.45, 7) is 4.46. The van der Waals surface area contributed by atoms with Gasteiger partial charge in [-0.1, -0.05) is 28.1 Å². The molecule has 0 saturated heterocycles. The van der Waals surface area contributed by atoms with Crippen LogP contribution in [0.5, 0.6) is 0 Å². The van der Waals surface area contributed by atoms with E-state index >= 15 is 0 Å². The van der Waals surface area contributed by atoms with Gasteiger partial charge in [0, 0.05) is 16.6 Å². The molecule has 0 aliphatic carbocycles. The Labute approximate surface area is 121 Å². The van der Waals surface area contributed by atoms with E-state index in [1.807, 2.05) is 0 Å². The van der Waals surface area contributed by atoms with Crippen LogP contribution in [0.3, 0.4) is 0 Å². The van der Waals surface area contributed by atoms with E-state index in [-0.39, 0.29) is 0 Å². The SMILES string of the molecule is CC(Cc1ccsc1)NC(C)c1cccc(Br)c1. The highest BCUT2D eigenvalue weighted by atomic mass is 79.9. The molecule has 2 aromatic rings. The van der Waals surface area contributed by atoms with E-state index in [1.54, 1.807) is 11.3 Å². The molecule has 1 aromatic heterocycles.